The fourth-order valence-corrected chi connectivity index (χ4v) is 1.89. The Labute approximate surface area is 117 Å². The third-order valence-corrected chi connectivity index (χ3v) is 3.13. The first kappa shape index (κ1) is 13.6. The first-order valence-corrected chi connectivity index (χ1v) is 6.34. The monoisotopic (exact) mass is 277 g/mol. The summed E-state index contributed by atoms with van der Waals surface area (Å²) in [5.41, 5.74) is 6.85. The molecule has 0 aliphatic heterocycles. The van der Waals surface area contributed by atoms with Gasteiger partial charge in [0.25, 0.3) is 5.91 Å². The number of anilines is 1. The molecule has 0 aliphatic carbocycles. The van der Waals surface area contributed by atoms with Crippen molar-refractivity contribution >= 4 is 23.3 Å². The highest BCUT2D eigenvalue weighted by atomic mass is 35.5. The molecule has 0 radical (unpaired) electrons. The second-order valence-electron chi connectivity index (χ2n) is 5.40. The summed E-state index contributed by atoms with van der Waals surface area (Å²) in [6.45, 7) is 6.04. The molecule has 5 heteroatoms. The second-order valence-corrected chi connectivity index (χ2v) is 5.81. The van der Waals surface area contributed by atoms with Crippen LogP contribution in [0.3, 0.4) is 0 Å². The summed E-state index contributed by atoms with van der Waals surface area (Å²) in [4.78, 5) is 12.4. The van der Waals surface area contributed by atoms with Gasteiger partial charge in [-0.05, 0) is 12.1 Å². The van der Waals surface area contributed by atoms with E-state index < -0.39 is 0 Å². The van der Waals surface area contributed by atoms with E-state index in [-0.39, 0.29) is 11.3 Å². The van der Waals surface area contributed by atoms with E-state index in [1.165, 1.54) is 4.68 Å². The minimum atomic E-state index is -0.321. The van der Waals surface area contributed by atoms with Crippen LogP contribution in [-0.2, 0) is 5.41 Å². The highest BCUT2D eigenvalue weighted by Crippen LogP contribution is 2.24. The minimum absolute atomic E-state index is 0.167. The maximum absolute atomic E-state index is 12.4. The van der Waals surface area contributed by atoms with Gasteiger partial charge in [0, 0.05) is 11.5 Å². The highest BCUT2D eigenvalue weighted by molar-refractivity contribution is 6.33. The molecule has 0 atom stereocenters. The van der Waals surface area contributed by atoms with Crippen molar-refractivity contribution in [1.29, 1.82) is 0 Å². The number of nitrogens with zero attached hydrogens (tertiary/aromatic N) is 2. The number of halogens is 1. The van der Waals surface area contributed by atoms with Crippen LogP contribution in [0.15, 0.2) is 30.3 Å². The largest absolute Gasteiger partial charge is 0.383 e. The molecule has 0 amide bonds. The van der Waals surface area contributed by atoms with E-state index in [0.29, 0.717) is 16.4 Å². The lowest BCUT2D eigenvalue weighted by molar-refractivity contribution is 0.0947. The molecule has 0 bridgehead atoms. The van der Waals surface area contributed by atoms with Crippen molar-refractivity contribution < 1.29 is 4.79 Å². The average molecular weight is 278 g/mol. The molecule has 0 fully saturated rings. The number of aromatic nitrogens is 2. The number of rotatable bonds is 1. The van der Waals surface area contributed by atoms with Crippen molar-refractivity contribution in [3.05, 3.63) is 46.6 Å². The molecule has 19 heavy (non-hydrogen) atoms. The van der Waals surface area contributed by atoms with E-state index in [4.69, 9.17) is 17.3 Å². The molecule has 4 nitrogen and oxygen atoms in total. The molecule has 100 valence electrons. The van der Waals surface area contributed by atoms with Gasteiger partial charge in [-0.1, -0.05) is 44.5 Å². The van der Waals surface area contributed by atoms with Gasteiger partial charge in [0.05, 0.1) is 16.3 Å². The van der Waals surface area contributed by atoms with Gasteiger partial charge in [0.15, 0.2) is 0 Å². The van der Waals surface area contributed by atoms with Crippen LogP contribution in [0.5, 0.6) is 0 Å². The molecular formula is C14H16ClN3O. The van der Waals surface area contributed by atoms with Crippen molar-refractivity contribution in [2.24, 2.45) is 0 Å². The van der Waals surface area contributed by atoms with Gasteiger partial charge in [0.2, 0.25) is 0 Å². The quantitative estimate of drug-likeness (QED) is 0.871. The summed E-state index contributed by atoms with van der Waals surface area (Å²) in [7, 11) is 0. The Morgan fingerprint density at radius 2 is 1.95 bits per heavy atom. The topological polar surface area (TPSA) is 60.9 Å². The van der Waals surface area contributed by atoms with Crippen molar-refractivity contribution in [2.75, 3.05) is 5.73 Å². The summed E-state index contributed by atoms with van der Waals surface area (Å²) < 4.78 is 1.20. The number of carbonyl (C=O) groups is 1. The molecule has 1 aromatic carbocycles. The molecule has 2 aromatic rings. The normalized spacial score (nSPS) is 11.6. The maximum atomic E-state index is 12.4. The van der Waals surface area contributed by atoms with Crippen molar-refractivity contribution in [3.8, 4) is 0 Å². The lowest BCUT2D eigenvalue weighted by atomic mass is 9.92. The highest BCUT2D eigenvalue weighted by Gasteiger charge is 2.22. The van der Waals surface area contributed by atoms with Crippen LogP contribution in [0.4, 0.5) is 5.82 Å². The molecule has 0 unspecified atom stereocenters. The van der Waals surface area contributed by atoms with Crippen LogP contribution < -0.4 is 5.73 Å². The molecule has 0 spiro atoms. The third kappa shape index (κ3) is 2.63. The number of carbonyl (C=O) groups excluding carboxylic acids is 1. The average Bonchev–Trinajstić information content (AvgIpc) is 2.71. The van der Waals surface area contributed by atoms with E-state index in [1.54, 1.807) is 30.3 Å². The van der Waals surface area contributed by atoms with Crippen LogP contribution >= 0.6 is 11.6 Å². The van der Waals surface area contributed by atoms with E-state index in [0.717, 1.165) is 5.69 Å². The molecule has 0 saturated carbocycles. The maximum Gasteiger partial charge on any atom is 0.281 e. The Morgan fingerprint density at radius 1 is 1.32 bits per heavy atom. The van der Waals surface area contributed by atoms with Crippen molar-refractivity contribution in [3.63, 3.8) is 0 Å². The smallest absolute Gasteiger partial charge is 0.281 e. The molecule has 2 N–H and O–H groups in total. The van der Waals surface area contributed by atoms with Crippen LogP contribution in [0.25, 0.3) is 0 Å². The summed E-state index contributed by atoms with van der Waals surface area (Å²) in [6.07, 6.45) is 0. The zero-order valence-electron chi connectivity index (χ0n) is 11.1. The standard InChI is InChI=1S/C14H16ClN3O/c1-14(2,3)11-8-12(16)18(17-11)13(19)9-6-4-5-7-10(9)15/h4-8H,16H2,1-3H3. The van der Waals surface area contributed by atoms with Crippen molar-refractivity contribution in [2.45, 2.75) is 26.2 Å². The van der Waals surface area contributed by atoms with Crippen LogP contribution in [0, 0.1) is 0 Å². The van der Waals surface area contributed by atoms with Gasteiger partial charge < -0.3 is 5.73 Å². The molecule has 1 heterocycles. The van der Waals surface area contributed by atoms with Gasteiger partial charge in [-0.3, -0.25) is 4.79 Å². The third-order valence-electron chi connectivity index (χ3n) is 2.80. The summed E-state index contributed by atoms with van der Waals surface area (Å²) in [5, 5.41) is 4.67. The number of nitrogens with two attached hydrogens (primary N) is 1. The number of hydrogen-bond donors (Lipinski definition) is 1. The molecule has 0 aliphatic rings. The van der Waals surface area contributed by atoms with E-state index in [1.807, 2.05) is 20.8 Å². The zero-order chi connectivity index (χ0) is 14.2. The van der Waals surface area contributed by atoms with Gasteiger partial charge >= 0.3 is 0 Å². The Balaban J connectivity index is 2.46. The SMILES string of the molecule is CC(C)(C)c1cc(N)n(C(=O)c2ccccc2Cl)n1. The fraction of sp³-hybridized carbons (Fsp3) is 0.286. The van der Waals surface area contributed by atoms with Gasteiger partial charge in [0.1, 0.15) is 5.82 Å². The molecular weight excluding hydrogens is 262 g/mol. The zero-order valence-corrected chi connectivity index (χ0v) is 11.9. The minimum Gasteiger partial charge on any atom is -0.383 e. The lowest BCUT2D eigenvalue weighted by Gasteiger charge is -2.13. The summed E-state index contributed by atoms with van der Waals surface area (Å²) in [6, 6.07) is 8.56. The van der Waals surface area contributed by atoms with Crippen molar-refractivity contribution in [1.82, 2.24) is 9.78 Å². The van der Waals surface area contributed by atoms with Gasteiger partial charge in [-0.2, -0.15) is 9.78 Å². The van der Waals surface area contributed by atoms with Gasteiger partial charge in [-0.15, -0.1) is 0 Å². The number of nitrogen functional groups attached to an aromatic ring is 1. The summed E-state index contributed by atoms with van der Waals surface area (Å²) >= 11 is 6.02. The lowest BCUT2D eigenvalue weighted by Crippen LogP contribution is -2.18. The first-order chi connectivity index (χ1) is 8.80. The van der Waals surface area contributed by atoms with E-state index in [2.05, 4.69) is 5.10 Å². The molecule has 0 saturated heterocycles. The van der Waals surface area contributed by atoms with E-state index >= 15 is 0 Å². The number of hydrogen-bond acceptors (Lipinski definition) is 3. The second kappa shape index (κ2) is 4.70. The predicted octanol–water partition coefficient (Wildman–Crippen LogP) is 3.10. The Hall–Kier alpha value is -1.81. The van der Waals surface area contributed by atoms with Crippen LogP contribution in [0.1, 0.15) is 36.8 Å². The predicted molar refractivity (Wildman–Crippen MR) is 76.5 cm³/mol. The number of benzene rings is 1. The fourth-order valence-electron chi connectivity index (χ4n) is 1.67. The van der Waals surface area contributed by atoms with Crippen LogP contribution in [0.2, 0.25) is 5.02 Å². The Kier molecular flexibility index (Phi) is 3.37. The Morgan fingerprint density at radius 3 is 2.47 bits per heavy atom. The van der Waals surface area contributed by atoms with Crippen LogP contribution in [-0.4, -0.2) is 15.7 Å². The van der Waals surface area contributed by atoms with Gasteiger partial charge in [-0.25, -0.2) is 0 Å². The Bertz CT molecular complexity index is 626. The first-order valence-electron chi connectivity index (χ1n) is 5.96. The molecule has 1 aromatic heterocycles. The van der Waals surface area contributed by atoms with E-state index in [9.17, 15) is 4.79 Å². The molecule has 2 rings (SSSR count). The summed E-state index contributed by atoms with van der Waals surface area (Å²) in [5.74, 6) is -0.00607.